The lowest BCUT2D eigenvalue weighted by molar-refractivity contribution is -0.116. The van der Waals surface area contributed by atoms with Crippen LogP contribution in [0.5, 0.6) is 5.75 Å². The molecular weight excluding hydrogens is 342 g/mol. The van der Waals surface area contributed by atoms with Crippen LogP contribution in [0.2, 0.25) is 0 Å². The van der Waals surface area contributed by atoms with E-state index in [1.54, 1.807) is 16.8 Å². The van der Waals surface area contributed by atoms with Gasteiger partial charge in [-0.15, -0.1) is 0 Å². The molecule has 1 aliphatic heterocycles. The molecule has 0 saturated heterocycles. The molecule has 0 radical (unpaired) electrons. The molecule has 0 saturated carbocycles. The fourth-order valence-corrected chi connectivity index (χ4v) is 3.73. The third kappa shape index (κ3) is 2.47. The van der Waals surface area contributed by atoms with Crippen LogP contribution in [0.4, 0.5) is 5.82 Å². The smallest absolute Gasteiger partial charge is 0.231 e. The van der Waals surface area contributed by atoms with Gasteiger partial charge in [0.05, 0.1) is 16.7 Å². The van der Waals surface area contributed by atoms with E-state index in [0.717, 1.165) is 27.9 Å². The summed E-state index contributed by atoms with van der Waals surface area (Å²) in [7, 11) is 0. The van der Waals surface area contributed by atoms with Gasteiger partial charge in [-0.05, 0) is 36.8 Å². The molecule has 7 nitrogen and oxygen atoms in total. The lowest BCUT2D eigenvalue weighted by Crippen LogP contribution is -2.25. The number of phenolic OH excluding ortho intramolecular Hbond substituents is 1. The average molecular weight is 359 g/mol. The number of nitrogens with one attached hydrogen (secondary N) is 2. The van der Waals surface area contributed by atoms with Crippen molar-refractivity contribution < 1.29 is 9.90 Å². The Morgan fingerprint density at radius 1 is 1.15 bits per heavy atom. The fraction of sp³-hybridized carbons (Fsp3) is 0.150. The van der Waals surface area contributed by atoms with Crippen LogP contribution in [0, 0.1) is 6.92 Å². The number of benzene rings is 2. The Morgan fingerprint density at radius 2 is 1.93 bits per heavy atom. The number of hydrogen-bond donors (Lipinski definition) is 3. The second kappa shape index (κ2) is 5.70. The van der Waals surface area contributed by atoms with Gasteiger partial charge < -0.3 is 15.4 Å². The summed E-state index contributed by atoms with van der Waals surface area (Å²) in [4.78, 5) is 20.3. The first-order valence-electron chi connectivity index (χ1n) is 8.73. The molecule has 0 aliphatic carbocycles. The predicted octanol–water partition coefficient (Wildman–Crippen LogP) is 3.24. The van der Waals surface area contributed by atoms with Gasteiger partial charge in [0.15, 0.2) is 0 Å². The van der Waals surface area contributed by atoms with Crippen LogP contribution in [0.1, 0.15) is 29.2 Å². The zero-order chi connectivity index (χ0) is 18.5. The maximum Gasteiger partial charge on any atom is 0.231 e. The number of H-pyrrole nitrogens is 1. The number of para-hydroxylation sites is 2. The van der Waals surface area contributed by atoms with Crippen LogP contribution in [-0.2, 0) is 4.79 Å². The van der Waals surface area contributed by atoms with Crippen molar-refractivity contribution in [2.24, 2.45) is 0 Å². The number of fused-ring (bicyclic) bond motifs is 2. The largest absolute Gasteiger partial charge is 0.508 e. The van der Waals surface area contributed by atoms with Gasteiger partial charge in [-0.1, -0.05) is 24.3 Å². The Labute approximate surface area is 154 Å². The number of phenols is 1. The summed E-state index contributed by atoms with van der Waals surface area (Å²) in [5.41, 5.74) is 4.53. The third-order valence-electron chi connectivity index (χ3n) is 4.98. The van der Waals surface area contributed by atoms with E-state index in [1.807, 2.05) is 43.3 Å². The Kier molecular flexibility index (Phi) is 3.30. The molecule has 0 spiro atoms. The summed E-state index contributed by atoms with van der Waals surface area (Å²) in [6, 6.07) is 14.7. The Bertz CT molecular complexity index is 1140. The van der Waals surface area contributed by atoms with Gasteiger partial charge in [0.1, 0.15) is 11.6 Å². The summed E-state index contributed by atoms with van der Waals surface area (Å²) in [6.45, 7) is 1.93. The maximum absolute atomic E-state index is 12.4. The number of hydrogen-bond acceptors (Lipinski definition) is 4. The van der Waals surface area contributed by atoms with E-state index in [-0.39, 0.29) is 17.6 Å². The minimum atomic E-state index is -0.118. The number of nitrogens with zero attached hydrogens (tertiary/aromatic N) is 3. The monoisotopic (exact) mass is 359 g/mol. The van der Waals surface area contributed by atoms with Crippen LogP contribution in [0.15, 0.2) is 48.5 Å². The first-order valence-corrected chi connectivity index (χ1v) is 8.73. The normalized spacial score (nSPS) is 16.3. The molecule has 27 heavy (non-hydrogen) atoms. The lowest BCUT2D eigenvalue weighted by Gasteiger charge is -2.24. The van der Waals surface area contributed by atoms with Gasteiger partial charge in [0.25, 0.3) is 0 Å². The summed E-state index contributed by atoms with van der Waals surface area (Å²) in [5.74, 6) is 1.22. The molecular formula is C20H17N5O2. The maximum atomic E-state index is 12.4. The molecule has 3 heterocycles. The zero-order valence-corrected chi connectivity index (χ0v) is 14.6. The number of aromatic hydroxyl groups is 1. The van der Waals surface area contributed by atoms with E-state index in [9.17, 15) is 9.90 Å². The van der Waals surface area contributed by atoms with Gasteiger partial charge in [0.2, 0.25) is 11.9 Å². The highest BCUT2D eigenvalue weighted by Crippen LogP contribution is 2.40. The number of anilines is 1. The summed E-state index contributed by atoms with van der Waals surface area (Å²) in [6.07, 6.45) is 0.338. The highest BCUT2D eigenvalue weighted by atomic mass is 16.3. The van der Waals surface area contributed by atoms with Crippen molar-refractivity contribution in [3.63, 3.8) is 0 Å². The SMILES string of the molecule is Cc1nn(-c2nc3ccccc3[nH]2)c2c1[C@@H](c1ccc(O)cc1)CC(=O)N2. The fourth-order valence-electron chi connectivity index (χ4n) is 3.73. The van der Waals surface area contributed by atoms with Crippen molar-refractivity contribution >= 4 is 22.8 Å². The van der Waals surface area contributed by atoms with Gasteiger partial charge in [-0.3, -0.25) is 4.79 Å². The summed E-state index contributed by atoms with van der Waals surface area (Å²) in [5, 5.41) is 17.2. The van der Waals surface area contributed by atoms with Crippen molar-refractivity contribution in [3.05, 3.63) is 65.4 Å². The minimum Gasteiger partial charge on any atom is -0.508 e. The molecule has 3 N–H and O–H groups in total. The number of amides is 1. The number of imidazole rings is 1. The number of carbonyl (C=O) groups excluding carboxylic acids is 1. The average Bonchev–Trinajstić information content (AvgIpc) is 3.23. The molecule has 5 rings (SSSR count). The second-order valence-corrected chi connectivity index (χ2v) is 6.73. The molecule has 1 atom stereocenters. The van der Waals surface area contributed by atoms with Crippen molar-refractivity contribution in [1.29, 1.82) is 0 Å². The molecule has 4 aromatic rings. The van der Waals surface area contributed by atoms with Crippen molar-refractivity contribution in [1.82, 2.24) is 19.7 Å². The van der Waals surface area contributed by atoms with E-state index < -0.39 is 0 Å². The molecule has 0 fully saturated rings. The third-order valence-corrected chi connectivity index (χ3v) is 4.98. The molecule has 1 aliphatic rings. The minimum absolute atomic E-state index is 0.0714. The first kappa shape index (κ1) is 15.6. The quantitative estimate of drug-likeness (QED) is 0.512. The number of aryl methyl sites for hydroxylation is 1. The van der Waals surface area contributed by atoms with Crippen LogP contribution >= 0.6 is 0 Å². The highest BCUT2D eigenvalue weighted by Gasteiger charge is 2.33. The molecule has 0 unspecified atom stereocenters. The van der Waals surface area contributed by atoms with E-state index in [2.05, 4.69) is 20.4 Å². The van der Waals surface area contributed by atoms with Crippen LogP contribution in [-0.4, -0.2) is 30.8 Å². The molecule has 1 amide bonds. The van der Waals surface area contributed by atoms with Gasteiger partial charge in [-0.25, -0.2) is 4.98 Å². The van der Waals surface area contributed by atoms with Gasteiger partial charge >= 0.3 is 0 Å². The van der Waals surface area contributed by atoms with E-state index in [1.165, 1.54) is 0 Å². The van der Waals surface area contributed by atoms with Crippen molar-refractivity contribution in [2.45, 2.75) is 19.3 Å². The standard InChI is InChI=1S/C20H17N5O2/c1-11-18-14(12-6-8-13(26)9-7-12)10-17(27)23-19(18)25(24-11)20-21-15-4-2-3-5-16(15)22-20/h2-9,14,26H,10H2,1H3,(H,21,22)(H,23,27)/t14-/m1/s1. The summed E-state index contributed by atoms with van der Waals surface area (Å²) < 4.78 is 1.66. The molecule has 2 aromatic carbocycles. The Hall–Kier alpha value is -3.61. The second-order valence-electron chi connectivity index (χ2n) is 6.73. The number of aromatic amines is 1. The highest BCUT2D eigenvalue weighted by molar-refractivity contribution is 5.95. The molecule has 7 heteroatoms. The van der Waals surface area contributed by atoms with E-state index in [0.29, 0.717) is 18.2 Å². The van der Waals surface area contributed by atoms with Crippen LogP contribution in [0.3, 0.4) is 0 Å². The van der Waals surface area contributed by atoms with Crippen LogP contribution < -0.4 is 5.32 Å². The van der Waals surface area contributed by atoms with Crippen molar-refractivity contribution in [2.75, 3.05) is 5.32 Å². The van der Waals surface area contributed by atoms with E-state index in [4.69, 9.17) is 0 Å². The Balaban J connectivity index is 1.67. The number of rotatable bonds is 2. The Morgan fingerprint density at radius 3 is 2.70 bits per heavy atom. The first-order chi connectivity index (χ1) is 13.1. The zero-order valence-electron chi connectivity index (χ0n) is 14.6. The van der Waals surface area contributed by atoms with Crippen molar-refractivity contribution in [3.8, 4) is 11.7 Å². The van der Waals surface area contributed by atoms with E-state index >= 15 is 0 Å². The number of aromatic nitrogens is 4. The lowest BCUT2D eigenvalue weighted by atomic mass is 9.86. The van der Waals surface area contributed by atoms with Crippen LogP contribution in [0.25, 0.3) is 17.0 Å². The molecule has 134 valence electrons. The predicted molar refractivity (Wildman–Crippen MR) is 101 cm³/mol. The number of carbonyl (C=O) groups is 1. The van der Waals surface area contributed by atoms with Gasteiger partial charge in [0, 0.05) is 17.9 Å². The molecule has 0 bridgehead atoms. The molecule has 2 aromatic heterocycles. The summed E-state index contributed by atoms with van der Waals surface area (Å²) >= 11 is 0. The topological polar surface area (TPSA) is 95.8 Å². The van der Waals surface area contributed by atoms with Gasteiger partial charge in [-0.2, -0.15) is 9.78 Å².